The van der Waals surface area contributed by atoms with Crippen LogP contribution in [0.1, 0.15) is 19.2 Å². The Bertz CT molecular complexity index is 232. The second kappa shape index (κ2) is 3.76. The number of aryl methyl sites for hydroxylation is 1. The molecule has 0 radical (unpaired) electrons. The van der Waals surface area contributed by atoms with E-state index in [9.17, 15) is 0 Å². The van der Waals surface area contributed by atoms with Crippen LogP contribution in [0.2, 0.25) is 0 Å². The number of nitrogens with zero attached hydrogens (tertiary/aromatic N) is 3. The quantitative estimate of drug-likeness (QED) is 0.647. The van der Waals surface area contributed by atoms with Crippen LogP contribution in [-0.2, 0) is 7.05 Å². The summed E-state index contributed by atoms with van der Waals surface area (Å²) in [6.45, 7) is 4.12. The van der Waals surface area contributed by atoms with Gasteiger partial charge in [-0.15, -0.1) is 10.2 Å². The van der Waals surface area contributed by atoms with E-state index >= 15 is 0 Å². The zero-order valence-electron chi connectivity index (χ0n) is 7.16. The molecule has 1 aromatic heterocycles. The van der Waals surface area contributed by atoms with E-state index in [4.69, 9.17) is 0 Å². The standard InChI is InChI=1S/C7H13N3S/c1-4-5-11-7-9-8-6(2)10(7)3/h4-5H2,1-3H3. The summed E-state index contributed by atoms with van der Waals surface area (Å²) >= 11 is 1.76. The van der Waals surface area contributed by atoms with Crippen LogP contribution in [0.5, 0.6) is 0 Å². The summed E-state index contributed by atoms with van der Waals surface area (Å²) in [5, 5.41) is 9.01. The molecule has 62 valence electrons. The molecule has 0 aliphatic rings. The summed E-state index contributed by atoms with van der Waals surface area (Å²) < 4.78 is 2.01. The summed E-state index contributed by atoms with van der Waals surface area (Å²) in [4.78, 5) is 0. The number of hydrogen-bond acceptors (Lipinski definition) is 3. The highest BCUT2D eigenvalue weighted by Gasteiger charge is 2.02. The molecular formula is C7H13N3S. The molecule has 0 atom stereocenters. The number of rotatable bonds is 3. The Labute approximate surface area is 71.2 Å². The zero-order valence-corrected chi connectivity index (χ0v) is 7.98. The van der Waals surface area contributed by atoms with Crippen LogP contribution in [0.3, 0.4) is 0 Å². The van der Waals surface area contributed by atoms with Crippen molar-refractivity contribution < 1.29 is 0 Å². The minimum atomic E-state index is 0.976. The van der Waals surface area contributed by atoms with E-state index in [1.807, 2.05) is 18.5 Å². The van der Waals surface area contributed by atoms with Crippen molar-refractivity contribution in [2.45, 2.75) is 25.4 Å². The normalized spacial score (nSPS) is 10.5. The largest absolute Gasteiger partial charge is 0.309 e. The average Bonchev–Trinajstić information content (AvgIpc) is 2.31. The molecule has 3 nitrogen and oxygen atoms in total. The maximum atomic E-state index is 4.03. The third kappa shape index (κ3) is 1.96. The third-order valence-corrected chi connectivity index (χ3v) is 2.71. The molecule has 0 saturated heterocycles. The first-order chi connectivity index (χ1) is 5.25. The topological polar surface area (TPSA) is 30.7 Å². The summed E-state index contributed by atoms with van der Waals surface area (Å²) in [5.74, 6) is 2.09. The van der Waals surface area contributed by atoms with Gasteiger partial charge in [0.2, 0.25) is 0 Å². The Kier molecular flexibility index (Phi) is 2.93. The van der Waals surface area contributed by atoms with E-state index in [1.54, 1.807) is 11.8 Å². The van der Waals surface area contributed by atoms with Crippen molar-refractivity contribution in [3.63, 3.8) is 0 Å². The van der Waals surface area contributed by atoms with Crippen molar-refractivity contribution in [2.75, 3.05) is 5.75 Å². The van der Waals surface area contributed by atoms with Gasteiger partial charge in [0.15, 0.2) is 5.16 Å². The van der Waals surface area contributed by atoms with Crippen LogP contribution in [0, 0.1) is 6.92 Å². The fraction of sp³-hybridized carbons (Fsp3) is 0.714. The Balaban J connectivity index is 2.63. The fourth-order valence-corrected chi connectivity index (χ4v) is 1.52. The SMILES string of the molecule is CCCSc1nnc(C)n1C. The van der Waals surface area contributed by atoms with Gasteiger partial charge in [-0.25, -0.2) is 0 Å². The van der Waals surface area contributed by atoms with Crippen molar-refractivity contribution in [1.29, 1.82) is 0 Å². The summed E-state index contributed by atoms with van der Waals surface area (Å²) in [5.41, 5.74) is 0. The maximum Gasteiger partial charge on any atom is 0.190 e. The Morgan fingerprint density at radius 1 is 1.45 bits per heavy atom. The third-order valence-electron chi connectivity index (χ3n) is 1.49. The van der Waals surface area contributed by atoms with Crippen molar-refractivity contribution in [2.24, 2.45) is 7.05 Å². The van der Waals surface area contributed by atoms with Crippen molar-refractivity contribution in [3.8, 4) is 0 Å². The van der Waals surface area contributed by atoms with Crippen molar-refractivity contribution in [1.82, 2.24) is 14.8 Å². The molecule has 0 aliphatic heterocycles. The molecular weight excluding hydrogens is 158 g/mol. The maximum absolute atomic E-state index is 4.03. The molecule has 1 aromatic rings. The lowest BCUT2D eigenvalue weighted by Crippen LogP contribution is -1.93. The molecule has 11 heavy (non-hydrogen) atoms. The first-order valence-corrected chi connectivity index (χ1v) is 4.73. The molecule has 0 spiro atoms. The molecule has 0 N–H and O–H groups in total. The predicted octanol–water partition coefficient (Wildman–Crippen LogP) is 1.63. The lowest BCUT2D eigenvalue weighted by molar-refractivity contribution is 0.765. The highest BCUT2D eigenvalue weighted by Crippen LogP contribution is 2.15. The lowest BCUT2D eigenvalue weighted by Gasteiger charge is -1.98. The first kappa shape index (κ1) is 8.59. The van der Waals surface area contributed by atoms with Crippen LogP contribution >= 0.6 is 11.8 Å². The highest BCUT2D eigenvalue weighted by molar-refractivity contribution is 7.99. The fourth-order valence-electron chi connectivity index (χ4n) is 0.707. The molecule has 0 bridgehead atoms. The second-order valence-electron chi connectivity index (χ2n) is 2.44. The van der Waals surface area contributed by atoms with Crippen LogP contribution in [0.15, 0.2) is 5.16 Å². The lowest BCUT2D eigenvalue weighted by atomic mass is 10.6. The Morgan fingerprint density at radius 2 is 2.18 bits per heavy atom. The molecule has 1 rings (SSSR count). The molecule has 0 amide bonds. The van der Waals surface area contributed by atoms with Gasteiger partial charge < -0.3 is 4.57 Å². The van der Waals surface area contributed by atoms with Gasteiger partial charge in [-0.3, -0.25) is 0 Å². The minimum absolute atomic E-state index is 0.976. The van der Waals surface area contributed by atoms with Gasteiger partial charge in [0.05, 0.1) is 0 Å². The summed E-state index contributed by atoms with van der Waals surface area (Å²) in [7, 11) is 1.99. The van der Waals surface area contributed by atoms with Gasteiger partial charge in [0.25, 0.3) is 0 Å². The van der Waals surface area contributed by atoms with Crippen molar-refractivity contribution in [3.05, 3.63) is 5.82 Å². The van der Waals surface area contributed by atoms with Crippen LogP contribution < -0.4 is 0 Å². The molecule has 0 fully saturated rings. The van der Waals surface area contributed by atoms with Crippen LogP contribution in [-0.4, -0.2) is 20.5 Å². The van der Waals surface area contributed by atoms with Gasteiger partial charge in [-0.1, -0.05) is 18.7 Å². The zero-order chi connectivity index (χ0) is 8.27. The predicted molar refractivity (Wildman–Crippen MR) is 46.8 cm³/mol. The van der Waals surface area contributed by atoms with Gasteiger partial charge in [0.1, 0.15) is 5.82 Å². The van der Waals surface area contributed by atoms with E-state index in [0.29, 0.717) is 0 Å². The molecule has 0 unspecified atom stereocenters. The van der Waals surface area contributed by atoms with E-state index in [1.165, 1.54) is 6.42 Å². The molecule has 0 saturated carbocycles. The van der Waals surface area contributed by atoms with Crippen molar-refractivity contribution >= 4 is 11.8 Å². The summed E-state index contributed by atoms with van der Waals surface area (Å²) in [6.07, 6.45) is 1.18. The number of aromatic nitrogens is 3. The number of hydrogen-bond donors (Lipinski definition) is 0. The Hall–Kier alpha value is -0.510. The molecule has 1 heterocycles. The van der Waals surface area contributed by atoms with E-state index < -0.39 is 0 Å². The molecule has 0 aliphatic carbocycles. The van der Waals surface area contributed by atoms with Gasteiger partial charge in [-0.05, 0) is 13.3 Å². The Morgan fingerprint density at radius 3 is 2.64 bits per heavy atom. The minimum Gasteiger partial charge on any atom is -0.309 e. The molecule has 4 heteroatoms. The summed E-state index contributed by atoms with van der Waals surface area (Å²) in [6, 6.07) is 0. The molecule has 0 aromatic carbocycles. The smallest absolute Gasteiger partial charge is 0.190 e. The second-order valence-corrected chi connectivity index (χ2v) is 3.50. The van der Waals surface area contributed by atoms with Gasteiger partial charge in [0, 0.05) is 12.8 Å². The van der Waals surface area contributed by atoms with Gasteiger partial charge in [-0.2, -0.15) is 0 Å². The average molecular weight is 171 g/mol. The van der Waals surface area contributed by atoms with E-state index in [-0.39, 0.29) is 0 Å². The van der Waals surface area contributed by atoms with E-state index in [2.05, 4.69) is 17.1 Å². The first-order valence-electron chi connectivity index (χ1n) is 3.74. The number of thioether (sulfide) groups is 1. The van der Waals surface area contributed by atoms with Gasteiger partial charge >= 0.3 is 0 Å². The monoisotopic (exact) mass is 171 g/mol. The highest BCUT2D eigenvalue weighted by atomic mass is 32.2. The van der Waals surface area contributed by atoms with E-state index in [0.717, 1.165) is 16.7 Å². The van der Waals surface area contributed by atoms with Crippen LogP contribution in [0.25, 0.3) is 0 Å². The van der Waals surface area contributed by atoms with Crippen LogP contribution in [0.4, 0.5) is 0 Å².